The van der Waals surface area contributed by atoms with Crippen molar-refractivity contribution in [3.63, 3.8) is 0 Å². The van der Waals surface area contributed by atoms with Crippen molar-refractivity contribution in [3.05, 3.63) is 194 Å². The maximum absolute atomic E-state index is 6.45. The molecule has 0 N–H and O–H groups in total. The molecule has 0 saturated heterocycles. The van der Waals surface area contributed by atoms with Crippen LogP contribution in [0.15, 0.2) is 203 Å². The zero-order valence-corrected chi connectivity index (χ0v) is 31.3. The molecule has 0 aliphatic rings. The number of hydrogen-bond donors (Lipinski definition) is 0. The number of hydrogen-bond acceptors (Lipinski definition) is 2. The fraction of sp³-hybridized carbons (Fsp3) is 0. The molecule has 11 aromatic carbocycles. The molecule has 2 nitrogen and oxygen atoms in total. The minimum atomic E-state index is 0.841. The molecule has 0 amide bonds. The van der Waals surface area contributed by atoms with E-state index in [2.05, 4.69) is 176 Å². The van der Waals surface area contributed by atoms with Gasteiger partial charge in [0.15, 0.2) is 0 Å². The first-order valence-corrected chi connectivity index (χ1v) is 19.9. The highest BCUT2D eigenvalue weighted by molar-refractivity contribution is 6.22. The lowest BCUT2D eigenvalue weighted by Gasteiger charge is -2.18. The van der Waals surface area contributed by atoms with Gasteiger partial charge in [0, 0.05) is 27.6 Å². The summed E-state index contributed by atoms with van der Waals surface area (Å²) < 4.78 is 12.6. The van der Waals surface area contributed by atoms with Crippen molar-refractivity contribution in [2.24, 2.45) is 0 Å². The van der Waals surface area contributed by atoms with Crippen LogP contribution in [0, 0.1) is 0 Å². The van der Waals surface area contributed by atoms with Crippen molar-refractivity contribution < 1.29 is 8.83 Å². The highest BCUT2D eigenvalue weighted by Gasteiger charge is 2.18. The predicted octanol–water partition coefficient (Wildman–Crippen LogP) is 16.3. The van der Waals surface area contributed by atoms with Gasteiger partial charge in [-0.2, -0.15) is 0 Å². The number of furan rings is 2. The van der Waals surface area contributed by atoms with Crippen LogP contribution in [0.1, 0.15) is 0 Å². The van der Waals surface area contributed by atoms with Gasteiger partial charge in [-0.05, 0) is 136 Å². The van der Waals surface area contributed by atoms with Gasteiger partial charge in [0.25, 0.3) is 0 Å². The molecule has 0 fully saturated rings. The molecule has 13 rings (SSSR count). The largest absolute Gasteiger partial charge is 0.456 e. The zero-order valence-electron chi connectivity index (χ0n) is 31.3. The van der Waals surface area contributed by atoms with Crippen molar-refractivity contribution in [2.75, 3.05) is 0 Å². The minimum absolute atomic E-state index is 0.841. The van der Waals surface area contributed by atoms with E-state index in [1.165, 1.54) is 81.9 Å². The average molecular weight is 737 g/mol. The Morgan fingerprint density at radius 2 is 0.603 bits per heavy atom. The Balaban J connectivity index is 0.906. The molecule has 2 aromatic heterocycles. The highest BCUT2D eigenvalue weighted by Crippen LogP contribution is 2.45. The quantitative estimate of drug-likeness (QED) is 0.169. The van der Waals surface area contributed by atoms with E-state index in [0.29, 0.717) is 0 Å². The Hall–Kier alpha value is -7.68. The summed E-state index contributed by atoms with van der Waals surface area (Å²) in [6.07, 6.45) is 0. The van der Waals surface area contributed by atoms with Gasteiger partial charge in [-0.25, -0.2) is 0 Å². The standard InChI is InChI=1S/C56H32O2/c1-2-10-34-26-40(23-17-33(34)9-1)55-44-12-3-5-14-46(44)56(47-15-6-4-13-45(47)55)41-24-22-36-25-35(18-19-37(36)27-41)38-20-21-39-29-48-50-31-49-43-11-7-8-16-51(43)57-53(49)32-54(50)58-52(48)30-42(39)28-38/h1-32H. The third-order valence-corrected chi connectivity index (χ3v) is 12.4. The summed E-state index contributed by atoms with van der Waals surface area (Å²) in [5.74, 6) is 0. The molecule has 0 radical (unpaired) electrons. The smallest absolute Gasteiger partial charge is 0.139 e. The number of rotatable bonds is 3. The summed E-state index contributed by atoms with van der Waals surface area (Å²) in [5.41, 5.74) is 10.9. The van der Waals surface area contributed by atoms with Crippen LogP contribution in [0.4, 0.5) is 0 Å². The molecule has 0 unspecified atom stereocenters. The third-order valence-electron chi connectivity index (χ3n) is 12.4. The van der Waals surface area contributed by atoms with E-state index in [0.717, 1.165) is 49.3 Å². The van der Waals surface area contributed by atoms with E-state index in [9.17, 15) is 0 Å². The minimum Gasteiger partial charge on any atom is -0.456 e. The summed E-state index contributed by atoms with van der Waals surface area (Å²) in [6.45, 7) is 0. The Morgan fingerprint density at radius 1 is 0.207 bits per heavy atom. The van der Waals surface area contributed by atoms with Crippen molar-refractivity contribution >= 4 is 97.7 Å². The lowest BCUT2D eigenvalue weighted by molar-refractivity contribution is 0.656. The maximum atomic E-state index is 6.45. The number of benzene rings is 11. The second kappa shape index (κ2) is 11.9. The first-order chi connectivity index (χ1) is 28.7. The Kier molecular flexibility index (Phi) is 6.47. The first kappa shape index (κ1) is 31.5. The Labute approximate surface area is 332 Å². The third kappa shape index (κ3) is 4.66. The molecule has 0 saturated carbocycles. The first-order valence-electron chi connectivity index (χ1n) is 19.9. The molecule has 0 aliphatic carbocycles. The van der Waals surface area contributed by atoms with Crippen molar-refractivity contribution in [1.29, 1.82) is 0 Å². The van der Waals surface area contributed by atoms with Gasteiger partial charge in [0.2, 0.25) is 0 Å². The van der Waals surface area contributed by atoms with Gasteiger partial charge < -0.3 is 8.83 Å². The lowest BCUT2D eigenvalue weighted by atomic mass is 9.85. The molecule has 0 bridgehead atoms. The summed E-state index contributed by atoms with van der Waals surface area (Å²) >= 11 is 0. The predicted molar refractivity (Wildman–Crippen MR) is 245 cm³/mol. The molecular formula is C56H32O2. The second-order valence-corrected chi connectivity index (χ2v) is 15.6. The number of para-hydroxylation sites is 1. The summed E-state index contributed by atoms with van der Waals surface area (Å²) in [4.78, 5) is 0. The van der Waals surface area contributed by atoms with Crippen LogP contribution < -0.4 is 0 Å². The molecule has 268 valence electrons. The van der Waals surface area contributed by atoms with Crippen LogP contribution >= 0.6 is 0 Å². The van der Waals surface area contributed by atoms with Gasteiger partial charge in [0.05, 0.1) is 0 Å². The second-order valence-electron chi connectivity index (χ2n) is 15.6. The van der Waals surface area contributed by atoms with E-state index < -0.39 is 0 Å². The molecule has 0 aliphatic heterocycles. The SMILES string of the molecule is c1ccc2cc(-c3c4ccccc4c(-c4ccc5cc(-c6ccc7cc8c(cc7c6)oc6cc7oc9ccccc9c7cc68)ccc5c4)c4ccccc34)ccc2c1. The van der Waals surface area contributed by atoms with E-state index in [4.69, 9.17) is 8.83 Å². The monoisotopic (exact) mass is 736 g/mol. The van der Waals surface area contributed by atoms with E-state index in [1.54, 1.807) is 0 Å². The van der Waals surface area contributed by atoms with Crippen LogP contribution in [0.25, 0.3) is 131 Å². The normalized spacial score (nSPS) is 12.1. The van der Waals surface area contributed by atoms with E-state index in [-0.39, 0.29) is 0 Å². The van der Waals surface area contributed by atoms with Crippen LogP contribution in [0.3, 0.4) is 0 Å². The molecule has 2 heterocycles. The molecule has 0 atom stereocenters. The van der Waals surface area contributed by atoms with Gasteiger partial charge in [-0.3, -0.25) is 0 Å². The molecule has 13 aromatic rings. The average Bonchev–Trinajstić information content (AvgIpc) is 3.82. The maximum Gasteiger partial charge on any atom is 0.139 e. The van der Waals surface area contributed by atoms with E-state index >= 15 is 0 Å². The van der Waals surface area contributed by atoms with E-state index in [1.807, 2.05) is 18.2 Å². The Bertz CT molecular complexity index is 3800. The van der Waals surface area contributed by atoms with Crippen LogP contribution in [0.2, 0.25) is 0 Å². The van der Waals surface area contributed by atoms with Crippen molar-refractivity contribution in [1.82, 2.24) is 0 Å². The summed E-state index contributed by atoms with van der Waals surface area (Å²) in [5, 5.41) is 16.8. The van der Waals surface area contributed by atoms with Crippen molar-refractivity contribution in [2.45, 2.75) is 0 Å². The molecular weight excluding hydrogens is 705 g/mol. The van der Waals surface area contributed by atoms with Crippen LogP contribution in [-0.4, -0.2) is 0 Å². The van der Waals surface area contributed by atoms with Gasteiger partial charge in [0.1, 0.15) is 22.3 Å². The fourth-order valence-electron chi connectivity index (χ4n) is 9.59. The number of fused-ring (bicyclic) bond motifs is 11. The van der Waals surface area contributed by atoms with Crippen LogP contribution in [-0.2, 0) is 0 Å². The van der Waals surface area contributed by atoms with Crippen molar-refractivity contribution in [3.8, 4) is 33.4 Å². The highest BCUT2D eigenvalue weighted by atomic mass is 16.3. The zero-order chi connectivity index (χ0) is 37.9. The summed E-state index contributed by atoms with van der Waals surface area (Å²) in [7, 11) is 0. The topological polar surface area (TPSA) is 26.3 Å². The molecule has 58 heavy (non-hydrogen) atoms. The van der Waals surface area contributed by atoms with Gasteiger partial charge in [-0.1, -0.05) is 140 Å². The van der Waals surface area contributed by atoms with Gasteiger partial charge >= 0.3 is 0 Å². The van der Waals surface area contributed by atoms with Crippen LogP contribution in [0.5, 0.6) is 0 Å². The summed E-state index contributed by atoms with van der Waals surface area (Å²) in [6, 6.07) is 70.7. The molecule has 2 heteroatoms. The fourth-order valence-corrected chi connectivity index (χ4v) is 9.59. The molecule has 0 spiro atoms. The lowest BCUT2D eigenvalue weighted by Crippen LogP contribution is -1.91. The van der Waals surface area contributed by atoms with Gasteiger partial charge in [-0.15, -0.1) is 0 Å². The Morgan fingerprint density at radius 3 is 1.24 bits per heavy atom.